The number of nitrogens with zero attached hydrogens (tertiary/aromatic N) is 1. The van der Waals surface area contributed by atoms with Crippen LogP contribution in [0.2, 0.25) is 0 Å². The molecule has 146 valence electrons. The number of rotatable bonds is 6. The van der Waals surface area contributed by atoms with Crippen molar-refractivity contribution in [2.45, 2.75) is 18.9 Å². The maximum atomic E-state index is 12.8. The molecule has 0 aromatic heterocycles. The highest BCUT2D eigenvalue weighted by Crippen LogP contribution is 2.21. The number of amides is 3. The van der Waals surface area contributed by atoms with Gasteiger partial charge in [-0.1, -0.05) is 40.2 Å². The van der Waals surface area contributed by atoms with Crippen molar-refractivity contribution in [3.8, 4) is 0 Å². The summed E-state index contributed by atoms with van der Waals surface area (Å²) in [5.74, 6) is -0.506. The molecule has 0 radical (unpaired) electrons. The van der Waals surface area contributed by atoms with Crippen LogP contribution in [-0.2, 0) is 4.79 Å². The molecule has 28 heavy (non-hydrogen) atoms. The number of nitrogens with one attached hydrogen (secondary N) is 2. The molecule has 1 aliphatic heterocycles. The second kappa shape index (κ2) is 9.50. The number of carbonyl (C=O) groups is 3. The lowest BCUT2D eigenvalue weighted by atomic mass is 10.1. The zero-order valence-corrected chi connectivity index (χ0v) is 16.9. The smallest absolute Gasteiger partial charge is 0.254 e. The average molecular weight is 444 g/mol. The molecule has 1 aliphatic rings. The summed E-state index contributed by atoms with van der Waals surface area (Å²) < 4.78 is 0.827. The predicted octanol–water partition coefficient (Wildman–Crippen LogP) is 2.60. The maximum absolute atomic E-state index is 12.8. The summed E-state index contributed by atoms with van der Waals surface area (Å²) in [6.07, 6.45) is 1.44. The second-order valence-corrected chi connectivity index (χ2v) is 7.50. The SMILES string of the molecule is O=C(NCCNC(=O)[C@H]1CCCN1C(=O)c1cccc(Br)c1)c1ccccc1. The van der Waals surface area contributed by atoms with Crippen molar-refractivity contribution in [2.24, 2.45) is 0 Å². The Morgan fingerprint density at radius 3 is 2.43 bits per heavy atom. The fraction of sp³-hybridized carbons (Fsp3) is 0.286. The molecule has 6 nitrogen and oxygen atoms in total. The Morgan fingerprint density at radius 2 is 1.68 bits per heavy atom. The lowest BCUT2D eigenvalue weighted by Crippen LogP contribution is -2.47. The van der Waals surface area contributed by atoms with E-state index in [1.165, 1.54) is 0 Å². The van der Waals surface area contributed by atoms with Crippen molar-refractivity contribution in [3.05, 3.63) is 70.2 Å². The number of hydrogen-bond donors (Lipinski definition) is 2. The number of hydrogen-bond acceptors (Lipinski definition) is 3. The van der Waals surface area contributed by atoms with Crippen LogP contribution in [0.5, 0.6) is 0 Å². The van der Waals surface area contributed by atoms with Gasteiger partial charge in [0.25, 0.3) is 11.8 Å². The summed E-state index contributed by atoms with van der Waals surface area (Å²) in [6.45, 7) is 1.20. The molecule has 1 heterocycles. The van der Waals surface area contributed by atoms with Crippen LogP contribution in [0.15, 0.2) is 59.1 Å². The Labute approximate surface area is 172 Å². The summed E-state index contributed by atoms with van der Waals surface area (Å²) in [4.78, 5) is 38.9. The van der Waals surface area contributed by atoms with Gasteiger partial charge in [0, 0.05) is 35.2 Å². The predicted molar refractivity (Wildman–Crippen MR) is 110 cm³/mol. The van der Waals surface area contributed by atoms with Crippen molar-refractivity contribution in [1.82, 2.24) is 15.5 Å². The third-order valence-corrected chi connectivity index (χ3v) is 5.13. The van der Waals surface area contributed by atoms with Gasteiger partial charge in [0.15, 0.2) is 0 Å². The summed E-state index contributed by atoms with van der Waals surface area (Å²) in [5.41, 5.74) is 1.14. The van der Waals surface area contributed by atoms with Gasteiger partial charge in [-0.2, -0.15) is 0 Å². The molecule has 2 aromatic rings. The number of halogens is 1. The Morgan fingerprint density at radius 1 is 0.964 bits per heavy atom. The molecule has 0 spiro atoms. The molecule has 7 heteroatoms. The molecule has 3 amide bonds. The van der Waals surface area contributed by atoms with Gasteiger partial charge < -0.3 is 15.5 Å². The van der Waals surface area contributed by atoms with Crippen molar-refractivity contribution in [1.29, 1.82) is 0 Å². The number of carbonyl (C=O) groups excluding carboxylic acids is 3. The molecule has 2 aromatic carbocycles. The van der Waals surface area contributed by atoms with E-state index < -0.39 is 6.04 Å². The van der Waals surface area contributed by atoms with E-state index in [1.54, 1.807) is 47.4 Å². The molecular formula is C21H22BrN3O3. The number of benzene rings is 2. The molecule has 2 N–H and O–H groups in total. The van der Waals surface area contributed by atoms with Gasteiger partial charge in [-0.05, 0) is 43.2 Å². The average Bonchev–Trinajstić information content (AvgIpc) is 3.21. The quantitative estimate of drug-likeness (QED) is 0.673. The van der Waals surface area contributed by atoms with Crippen LogP contribution in [0.25, 0.3) is 0 Å². The van der Waals surface area contributed by atoms with Gasteiger partial charge >= 0.3 is 0 Å². The van der Waals surface area contributed by atoms with Crippen molar-refractivity contribution < 1.29 is 14.4 Å². The lowest BCUT2D eigenvalue weighted by Gasteiger charge is -2.24. The zero-order valence-electron chi connectivity index (χ0n) is 15.4. The first-order chi connectivity index (χ1) is 13.6. The summed E-state index contributed by atoms with van der Waals surface area (Å²) in [5, 5.41) is 5.59. The first-order valence-electron chi connectivity index (χ1n) is 9.24. The Bertz CT molecular complexity index is 857. The highest BCUT2D eigenvalue weighted by molar-refractivity contribution is 9.10. The largest absolute Gasteiger partial charge is 0.353 e. The van der Waals surface area contributed by atoms with Crippen LogP contribution in [0.1, 0.15) is 33.6 Å². The van der Waals surface area contributed by atoms with Crippen LogP contribution in [0, 0.1) is 0 Å². The van der Waals surface area contributed by atoms with Gasteiger partial charge in [0.2, 0.25) is 5.91 Å². The van der Waals surface area contributed by atoms with Gasteiger partial charge in [0.05, 0.1) is 0 Å². The minimum Gasteiger partial charge on any atom is -0.353 e. The van der Waals surface area contributed by atoms with Crippen LogP contribution in [-0.4, -0.2) is 48.3 Å². The summed E-state index contributed by atoms with van der Waals surface area (Å²) in [7, 11) is 0. The Kier molecular flexibility index (Phi) is 6.81. The third-order valence-electron chi connectivity index (χ3n) is 4.63. The van der Waals surface area contributed by atoms with Gasteiger partial charge in [-0.25, -0.2) is 0 Å². The molecule has 1 atom stereocenters. The lowest BCUT2D eigenvalue weighted by molar-refractivity contribution is -0.124. The third kappa shape index (κ3) is 4.98. The molecular weight excluding hydrogens is 422 g/mol. The minimum atomic E-state index is -0.476. The van der Waals surface area contributed by atoms with Crippen LogP contribution < -0.4 is 10.6 Å². The Hall–Kier alpha value is -2.67. The fourth-order valence-corrected chi connectivity index (χ4v) is 3.64. The molecule has 0 aliphatic carbocycles. The zero-order chi connectivity index (χ0) is 19.9. The van der Waals surface area contributed by atoms with E-state index in [1.807, 2.05) is 12.1 Å². The highest BCUT2D eigenvalue weighted by Gasteiger charge is 2.34. The van der Waals surface area contributed by atoms with Crippen LogP contribution in [0.3, 0.4) is 0 Å². The molecule has 1 saturated heterocycles. The Balaban J connectivity index is 1.49. The van der Waals surface area contributed by atoms with Crippen LogP contribution >= 0.6 is 15.9 Å². The number of likely N-dealkylation sites (tertiary alicyclic amines) is 1. The normalized spacial score (nSPS) is 15.9. The highest BCUT2D eigenvalue weighted by atomic mass is 79.9. The van der Waals surface area contributed by atoms with E-state index in [2.05, 4.69) is 26.6 Å². The first kappa shape index (κ1) is 20.1. The maximum Gasteiger partial charge on any atom is 0.254 e. The van der Waals surface area contributed by atoms with E-state index >= 15 is 0 Å². The summed E-state index contributed by atoms with van der Waals surface area (Å²) >= 11 is 3.37. The first-order valence-corrected chi connectivity index (χ1v) is 10.0. The second-order valence-electron chi connectivity index (χ2n) is 6.58. The van der Waals surface area contributed by atoms with Gasteiger partial charge in [0.1, 0.15) is 6.04 Å². The van der Waals surface area contributed by atoms with E-state index in [0.717, 1.165) is 10.9 Å². The molecule has 0 saturated carbocycles. The fourth-order valence-electron chi connectivity index (χ4n) is 3.24. The van der Waals surface area contributed by atoms with E-state index in [9.17, 15) is 14.4 Å². The summed E-state index contributed by atoms with van der Waals surface area (Å²) in [6, 6.07) is 15.6. The van der Waals surface area contributed by atoms with E-state index in [-0.39, 0.29) is 17.7 Å². The van der Waals surface area contributed by atoms with Crippen molar-refractivity contribution in [3.63, 3.8) is 0 Å². The van der Waals surface area contributed by atoms with Crippen LogP contribution in [0.4, 0.5) is 0 Å². The molecule has 3 rings (SSSR count). The topological polar surface area (TPSA) is 78.5 Å². The minimum absolute atomic E-state index is 0.142. The van der Waals surface area contributed by atoms with Gasteiger partial charge in [-0.15, -0.1) is 0 Å². The standard InChI is InChI=1S/C21H22BrN3O3/c22-17-9-4-8-16(14-17)21(28)25-13-5-10-18(25)20(27)24-12-11-23-19(26)15-6-2-1-3-7-15/h1-4,6-9,14,18H,5,10-13H2,(H,23,26)(H,24,27)/t18-/m1/s1. The molecule has 0 unspecified atom stereocenters. The van der Waals surface area contributed by atoms with Gasteiger partial charge in [-0.3, -0.25) is 14.4 Å². The van der Waals surface area contributed by atoms with E-state index in [0.29, 0.717) is 37.2 Å². The monoisotopic (exact) mass is 443 g/mol. The van der Waals surface area contributed by atoms with Crippen molar-refractivity contribution >= 4 is 33.7 Å². The molecule has 0 bridgehead atoms. The molecule has 1 fully saturated rings. The van der Waals surface area contributed by atoms with Crippen molar-refractivity contribution in [2.75, 3.05) is 19.6 Å². The van der Waals surface area contributed by atoms with E-state index in [4.69, 9.17) is 0 Å².